The molecule has 82 valence electrons. The average Bonchev–Trinajstić information content (AvgIpc) is 2.18. The van der Waals surface area contributed by atoms with Gasteiger partial charge in [-0.25, -0.2) is 4.98 Å². The predicted octanol–water partition coefficient (Wildman–Crippen LogP) is 1.95. The number of nitrogens with two attached hydrogens (primary N) is 1. The summed E-state index contributed by atoms with van der Waals surface area (Å²) in [7, 11) is 0. The Morgan fingerprint density at radius 3 is 2.73 bits per heavy atom. The van der Waals surface area contributed by atoms with Gasteiger partial charge in [0, 0.05) is 24.3 Å². The lowest BCUT2D eigenvalue weighted by Gasteiger charge is -2.26. The van der Waals surface area contributed by atoms with E-state index in [-0.39, 0.29) is 0 Å². The van der Waals surface area contributed by atoms with E-state index in [0.717, 1.165) is 17.9 Å². The molecule has 1 aromatic rings. The molecule has 0 spiro atoms. The van der Waals surface area contributed by atoms with Crippen molar-refractivity contribution >= 4 is 23.0 Å². The smallest absolute Gasteiger partial charge is 0.129 e. The lowest BCUT2D eigenvalue weighted by molar-refractivity contribution is 0.693. The number of anilines is 1. The minimum Gasteiger partial charge on any atom is -0.389 e. The largest absolute Gasteiger partial charge is 0.389 e. The van der Waals surface area contributed by atoms with Gasteiger partial charge in [0.1, 0.15) is 10.8 Å². The number of hydrogen-bond acceptors (Lipinski definition) is 3. The fourth-order valence-electron chi connectivity index (χ4n) is 1.52. The van der Waals surface area contributed by atoms with Gasteiger partial charge in [-0.2, -0.15) is 0 Å². The molecule has 0 aliphatic rings. The summed E-state index contributed by atoms with van der Waals surface area (Å²) < 4.78 is 0. The van der Waals surface area contributed by atoms with Gasteiger partial charge in [-0.05, 0) is 32.9 Å². The molecule has 0 radical (unpaired) electrons. The van der Waals surface area contributed by atoms with Gasteiger partial charge < -0.3 is 10.6 Å². The van der Waals surface area contributed by atoms with Crippen molar-refractivity contribution in [3.05, 3.63) is 23.9 Å². The van der Waals surface area contributed by atoms with Gasteiger partial charge in [-0.3, -0.25) is 0 Å². The molecule has 1 aromatic heterocycles. The third kappa shape index (κ3) is 2.89. The van der Waals surface area contributed by atoms with Crippen LogP contribution in [-0.4, -0.2) is 22.6 Å². The van der Waals surface area contributed by atoms with E-state index in [4.69, 9.17) is 18.0 Å². The quantitative estimate of drug-likeness (QED) is 0.792. The monoisotopic (exact) mass is 223 g/mol. The van der Waals surface area contributed by atoms with Crippen molar-refractivity contribution in [2.75, 3.05) is 11.4 Å². The first-order valence-corrected chi connectivity index (χ1v) is 5.49. The van der Waals surface area contributed by atoms with Crippen LogP contribution in [0.2, 0.25) is 0 Å². The summed E-state index contributed by atoms with van der Waals surface area (Å²) in [5.74, 6) is 0.929. The van der Waals surface area contributed by atoms with Crippen LogP contribution in [0, 0.1) is 0 Å². The zero-order valence-corrected chi connectivity index (χ0v) is 10.2. The molecule has 0 saturated carbocycles. The number of pyridine rings is 1. The molecule has 3 nitrogen and oxygen atoms in total. The molecule has 0 saturated heterocycles. The van der Waals surface area contributed by atoms with Gasteiger partial charge in [0.25, 0.3) is 0 Å². The third-order valence-corrected chi connectivity index (χ3v) is 2.52. The number of nitrogens with zero attached hydrogens (tertiary/aromatic N) is 2. The van der Waals surface area contributed by atoms with Crippen molar-refractivity contribution in [2.24, 2.45) is 5.73 Å². The highest BCUT2D eigenvalue weighted by atomic mass is 32.1. The molecular formula is C11H17N3S. The fraction of sp³-hybridized carbons (Fsp3) is 0.455. The normalized spacial score (nSPS) is 10.4. The first-order chi connectivity index (χ1) is 7.06. The average molecular weight is 223 g/mol. The Bertz CT molecular complexity index is 349. The Morgan fingerprint density at radius 2 is 2.27 bits per heavy atom. The molecule has 15 heavy (non-hydrogen) atoms. The van der Waals surface area contributed by atoms with Crippen molar-refractivity contribution in [3.8, 4) is 0 Å². The highest BCUT2D eigenvalue weighted by molar-refractivity contribution is 7.80. The van der Waals surface area contributed by atoms with E-state index in [2.05, 4.69) is 30.7 Å². The second-order valence-corrected chi connectivity index (χ2v) is 4.09. The maximum absolute atomic E-state index is 5.59. The molecule has 0 atom stereocenters. The first-order valence-electron chi connectivity index (χ1n) is 5.08. The summed E-state index contributed by atoms with van der Waals surface area (Å²) in [6.07, 6.45) is 1.74. The Morgan fingerprint density at radius 1 is 1.60 bits per heavy atom. The van der Waals surface area contributed by atoms with Crippen LogP contribution in [0.25, 0.3) is 0 Å². The molecule has 4 heteroatoms. The summed E-state index contributed by atoms with van der Waals surface area (Å²) in [6, 6.07) is 4.19. The van der Waals surface area contributed by atoms with E-state index >= 15 is 0 Å². The maximum atomic E-state index is 5.59. The van der Waals surface area contributed by atoms with Crippen molar-refractivity contribution in [2.45, 2.75) is 26.8 Å². The zero-order chi connectivity index (χ0) is 11.4. The number of thiocarbonyl (C=S) groups is 1. The number of aromatic nitrogens is 1. The van der Waals surface area contributed by atoms with E-state index in [1.165, 1.54) is 0 Å². The highest BCUT2D eigenvalue weighted by Crippen LogP contribution is 2.15. The Hall–Kier alpha value is -1.16. The molecule has 0 unspecified atom stereocenters. The van der Waals surface area contributed by atoms with Crippen LogP contribution in [0.1, 0.15) is 26.3 Å². The van der Waals surface area contributed by atoms with Crippen molar-refractivity contribution in [3.63, 3.8) is 0 Å². The highest BCUT2D eigenvalue weighted by Gasteiger charge is 2.10. The van der Waals surface area contributed by atoms with Crippen LogP contribution < -0.4 is 10.6 Å². The van der Waals surface area contributed by atoms with Crippen LogP contribution in [0.4, 0.5) is 5.82 Å². The zero-order valence-electron chi connectivity index (χ0n) is 9.40. The van der Waals surface area contributed by atoms with Gasteiger partial charge in [0.15, 0.2) is 0 Å². The van der Waals surface area contributed by atoms with E-state index in [9.17, 15) is 0 Å². The molecule has 1 rings (SSSR count). The standard InChI is InChI=1S/C11H17N3S/c1-4-14(8(2)3)10-7-9(11(12)15)5-6-13-10/h5-8H,4H2,1-3H3,(H2,12,15). The van der Waals surface area contributed by atoms with Gasteiger partial charge in [-0.1, -0.05) is 12.2 Å². The van der Waals surface area contributed by atoms with Crippen LogP contribution >= 0.6 is 12.2 Å². The maximum Gasteiger partial charge on any atom is 0.129 e. The van der Waals surface area contributed by atoms with Crippen LogP contribution in [0.3, 0.4) is 0 Å². The summed E-state index contributed by atoms with van der Waals surface area (Å²) >= 11 is 4.94. The van der Waals surface area contributed by atoms with Gasteiger partial charge in [0.05, 0.1) is 0 Å². The van der Waals surface area contributed by atoms with Gasteiger partial charge in [-0.15, -0.1) is 0 Å². The molecule has 0 aliphatic carbocycles. The van der Waals surface area contributed by atoms with Gasteiger partial charge >= 0.3 is 0 Å². The van der Waals surface area contributed by atoms with Gasteiger partial charge in [0.2, 0.25) is 0 Å². The molecular weight excluding hydrogens is 206 g/mol. The fourth-order valence-corrected chi connectivity index (χ4v) is 1.65. The van der Waals surface area contributed by atoms with E-state index in [0.29, 0.717) is 11.0 Å². The summed E-state index contributed by atoms with van der Waals surface area (Å²) in [5, 5.41) is 0. The Labute approximate surface area is 96.3 Å². The number of hydrogen-bond donors (Lipinski definition) is 1. The summed E-state index contributed by atoms with van der Waals surface area (Å²) in [4.78, 5) is 6.94. The third-order valence-electron chi connectivity index (χ3n) is 2.29. The van der Waals surface area contributed by atoms with Crippen molar-refractivity contribution in [1.29, 1.82) is 0 Å². The molecule has 0 aliphatic heterocycles. The van der Waals surface area contributed by atoms with Crippen LogP contribution in [0.15, 0.2) is 18.3 Å². The SMILES string of the molecule is CCN(c1cc(C(N)=S)ccn1)C(C)C. The molecule has 0 aromatic carbocycles. The van der Waals surface area contributed by atoms with E-state index < -0.39 is 0 Å². The Kier molecular flexibility index (Phi) is 4.03. The lowest BCUT2D eigenvalue weighted by atomic mass is 10.2. The van der Waals surface area contributed by atoms with E-state index in [1.54, 1.807) is 6.20 Å². The minimum absolute atomic E-state index is 0.415. The second-order valence-electron chi connectivity index (χ2n) is 3.65. The van der Waals surface area contributed by atoms with Crippen LogP contribution in [0.5, 0.6) is 0 Å². The molecule has 0 amide bonds. The molecule has 0 bridgehead atoms. The van der Waals surface area contributed by atoms with E-state index in [1.807, 2.05) is 12.1 Å². The topological polar surface area (TPSA) is 42.1 Å². The van der Waals surface area contributed by atoms with Crippen molar-refractivity contribution < 1.29 is 0 Å². The van der Waals surface area contributed by atoms with Crippen molar-refractivity contribution in [1.82, 2.24) is 4.98 Å². The molecule has 0 fully saturated rings. The molecule has 2 N–H and O–H groups in total. The van der Waals surface area contributed by atoms with Crippen LogP contribution in [-0.2, 0) is 0 Å². The lowest BCUT2D eigenvalue weighted by Crippen LogP contribution is -2.31. The summed E-state index contributed by atoms with van der Waals surface area (Å²) in [5.41, 5.74) is 6.46. The molecule has 1 heterocycles. The second kappa shape index (κ2) is 5.07. The summed E-state index contributed by atoms with van der Waals surface area (Å²) in [6.45, 7) is 7.30. The predicted molar refractivity (Wildman–Crippen MR) is 68.3 cm³/mol. The first kappa shape index (κ1) is 11.9. The Balaban J connectivity index is 3.03. The number of rotatable bonds is 4. The minimum atomic E-state index is 0.415.